The molecule has 0 radical (unpaired) electrons. The number of carbonyl (C=O) groups excluding carboxylic acids is 2. The van der Waals surface area contributed by atoms with E-state index in [1.165, 1.54) is 31.2 Å². The molecule has 8 heteroatoms. The van der Waals surface area contributed by atoms with Gasteiger partial charge in [-0.2, -0.15) is 0 Å². The number of sulfone groups is 1. The maximum atomic E-state index is 12.2. The number of nitrogens with one attached hydrogen (secondary N) is 1. The summed E-state index contributed by atoms with van der Waals surface area (Å²) in [5, 5.41) is 3.01. The van der Waals surface area contributed by atoms with Crippen LogP contribution in [0, 0.1) is 0 Å². The van der Waals surface area contributed by atoms with Crippen molar-refractivity contribution in [1.82, 2.24) is 0 Å². The van der Waals surface area contributed by atoms with E-state index in [0.717, 1.165) is 6.26 Å². The molecule has 0 aliphatic carbocycles. The highest BCUT2D eigenvalue weighted by atomic mass is 35.5. The summed E-state index contributed by atoms with van der Waals surface area (Å²) in [5.74, 6) is -1.46. The van der Waals surface area contributed by atoms with E-state index in [-0.39, 0.29) is 10.5 Å². The van der Waals surface area contributed by atoms with Crippen molar-refractivity contribution in [2.45, 2.75) is 17.9 Å². The Morgan fingerprint density at radius 1 is 1.12 bits per heavy atom. The minimum atomic E-state index is -3.60. The van der Waals surface area contributed by atoms with Gasteiger partial charge in [0.05, 0.1) is 10.5 Å². The van der Waals surface area contributed by atoms with Gasteiger partial charge in [0.15, 0.2) is 15.9 Å². The number of hydrogen-bond donors (Lipinski definition) is 1. The molecule has 0 spiro atoms. The van der Waals surface area contributed by atoms with Gasteiger partial charge in [-0.15, -0.1) is 0 Å². The second-order valence-electron chi connectivity index (χ2n) is 5.32. The number of benzene rings is 2. The largest absolute Gasteiger partial charge is 0.449 e. The molecule has 1 N–H and O–H groups in total. The molecule has 0 aliphatic heterocycles. The van der Waals surface area contributed by atoms with Gasteiger partial charge in [0.1, 0.15) is 0 Å². The van der Waals surface area contributed by atoms with Crippen molar-refractivity contribution in [3.63, 3.8) is 0 Å². The fraction of sp³-hybridized carbons (Fsp3) is 0.176. The standard InChI is InChI=1S/C17H16ClNO5S/c1-11(16(20)19-13-7-5-6-12(18)10-13)24-17(21)14-8-3-4-9-15(14)25(2,22)23/h3-11H,1-2H3,(H,19,20)/t11-/m0/s1. The van der Waals surface area contributed by atoms with Gasteiger partial charge in [-0.25, -0.2) is 13.2 Å². The highest BCUT2D eigenvalue weighted by Gasteiger charge is 2.23. The molecule has 132 valence electrons. The van der Waals surface area contributed by atoms with Gasteiger partial charge in [-0.05, 0) is 37.3 Å². The Kier molecular flexibility index (Phi) is 5.81. The Morgan fingerprint density at radius 2 is 1.80 bits per heavy atom. The molecule has 2 aromatic rings. The zero-order valence-corrected chi connectivity index (χ0v) is 15.1. The van der Waals surface area contributed by atoms with Crippen LogP contribution in [0.5, 0.6) is 0 Å². The third-order valence-electron chi connectivity index (χ3n) is 3.25. The molecule has 0 aliphatic rings. The number of hydrogen-bond acceptors (Lipinski definition) is 5. The minimum Gasteiger partial charge on any atom is -0.449 e. The Bertz CT molecular complexity index is 911. The third-order valence-corrected chi connectivity index (χ3v) is 4.64. The molecule has 0 unspecified atom stereocenters. The van der Waals surface area contributed by atoms with Gasteiger partial charge in [0.25, 0.3) is 5.91 Å². The Morgan fingerprint density at radius 3 is 2.44 bits per heavy atom. The molecule has 1 amide bonds. The van der Waals surface area contributed by atoms with Gasteiger partial charge in [-0.1, -0.05) is 29.8 Å². The lowest BCUT2D eigenvalue weighted by Crippen LogP contribution is -2.30. The summed E-state index contributed by atoms with van der Waals surface area (Å²) in [4.78, 5) is 24.2. The summed E-state index contributed by atoms with van der Waals surface area (Å²) in [6.07, 6.45) is -0.131. The predicted octanol–water partition coefficient (Wildman–Crippen LogP) is 2.93. The summed E-state index contributed by atoms with van der Waals surface area (Å²) in [6.45, 7) is 1.39. The first-order chi connectivity index (χ1) is 11.7. The number of amides is 1. The van der Waals surface area contributed by atoms with Crippen LogP contribution in [-0.2, 0) is 19.4 Å². The molecule has 0 fully saturated rings. The van der Waals surface area contributed by atoms with Crippen molar-refractivity contribution in [1.29, 1.82) is 0 Å². The zero-order chi connectivity index (χ0) is 18.6. The first kappa shape index (κ1) is 19.0. The Labute approximate surface area is 150 Å². The number of anilines is 1. The number of esters is 1. The van der Waals surface area contributed by atoms with Crippen LogP contribution in [-0.4, -0.2) is 32.7 Å². The first-order valence-corrected chi connectivity index (χ1v) is 9.52. The van der Waals surface area contributed by atoms with Crippen LogP contribution in [0.25, 0.3) is 0 Å². The molecule has 0 saturated heterocycles. The maximum absolute atomic E-state index is 12.2. The number of ether oxygens (including phenoxy) is 1. The molecule has 1 atom stereocenters. The summed E-state index contributed by atoms with van der Waals surface area (Å²) in [7, 11) is -3.60. The van der Waals surface area contributed by atoms with E-state index >= 15 is 0 Å². The third kappa shape index (κ3) is 5.04. The predicted molar refractivity (Wildman–Crippen MR) is 94.5 cm³/mol. The average Bonchev–Trinajstić information content (AvgIpc) is 2.54. The molecule has 0 heterocycles. The molecule has 0 aromatic heterocycles. The Hall–Kier alpha value is -2.38. The van der Waals surface area contributed by atoms with Gasteiger partial charge in [-0.3, -0.25) is 4.79 Å². The molecular formula is C17H16ClNO5S. The van der Waals surface area contributed by atoms with E-state index in [0.29, 0.717) is 10.7 Å². The molecule has 25 heavy (non-hydrogen) atoms. The van der Waals surface area contributed by atoms with Gasteiger partial charge in [0.2, 0.25) is 0 Å². The van der Waals surface area contributed by atoms with Gasteiger partial charge < -0.3 is 10.1 Å². The number of carbonyl (C=O) groups is 2. The highest BCUT2D eigenvalue weighted by Crippen LogP contribution is 2.18. The normalized spacial score (nSPS) is 12.3. The Balaban J connectivity index is 2.11. The van der Waals surface area contributed by atoms with Crippen molar-refractivity contribution >= 4 is 39.0 Å². The van der Waals surface area contributed by atoms with Gasteiger partial charge in [0, 0.05) is 17.0 Å². The smallest absolute Gasteiger partial charge is 0.340 e. The van der Waals surface area contributed by atoms with E-state index in [1.807, 2.05) is 0 Å². The van der Waals surface area contributed by atoms with Crippen LogP contribution in [0.4, 0.5) is 5.69 Å². The monoisotopic (exact) mass is 381 g/mol. The molecule has 6 nitrogen and oxygen atoms in total. The zero-order valence-electron chi connectivity index (χ0n) is 13.5. The minimum absolute atomic E-state index is 0.118. The average molecular weight is 382 g/mol. The topological polar surface area (TPSA) is 89.5 Å². The van der Waals surface area contributed by atoms with Crippen molar-refractivity contribution in [2.24, 2.45) is 0 Å². The summed E-state index contributed by atoms with van der Waals surface area (Å²) in [6, 6.07) is 12.2. The highest BCUT2D eigenvalue weighted by molar-refractivity contribution is 7.90. The maximum Gasteiger partial charge on any atom is 0.340 e. The van der Waals surface area contributed by atoms with Crippen LogP contribution >= 0.6 is 11.6 Å². The van der Waals surface area contributed by atoms with Crippen LogP contribution in [0.1, 0.15) is 17.3 Å². The van der Waals surface area contributed by atoms with Crippen molar-refractivity contribution in [2.75, 3.05) is 11.6 Å². The molecule has 0 bridgehead atoms. The molecule has 2 rings (SSSR count). The van der Waals surface area contributed by atoms with E-state index < -0.39 is 27.8 Å². The SMILES string of the molecule is C[C@H](OC(=O)c1ccccc1S(C)(=O)=O)C(=O)Nc1cccc(Cl)c1. The fourth-order valence-electron chi connectivity index (χ4n) is 2.05. The van der Waals surface area contributed by atoms with Crippen LogP contribution in [0.15, 0.2) is 53.4 Å². The second-order valence-corrected chi connectivity index (χ2v) is 7.74. The number of halogens is 1. The summed E-state index contributed by atoms with van der Waals surface area (Å²) >= 11 is 5.84. The van der Waals surface area contributed by atoms with Crippen LogP contribution in [0.2, 0.25) is 5.02 Å². The molecular weight excluding hydrogens is 366 g/mol. The molecule has 2 aromatic carbocycles. The lowest BCUT2D eigenvalue weighted by Gasteiger charge is -2.14. The van der Waals surface area contributed by atoms with E-state index in [4.69, 9.17) is 16.3 Å². The number of rotatable bonds is 5. The van der Waals surface area contributed by atoms with Crippen LogP contribution < -0.4 is 5.32 Å². The van der Waals surface area contributed by atoms with Crippen LogP contribution in [0.3, 0.4) is 0 Å². The van der Waals surface area contributed by atoms with Gasteiger partial charge >= 0.3 is 5.97 Å². The van der Waals surface area contributed by atoms with E-state index in [2.05, 4.69) is 5.32 Å². The van der Waals surface area contributed by atoms with E-state index in [9.17, 15) is 18.0 Å². The van der Waals surface area contributed by atoms with Crippen molar-refractivity contribution in [3.05, 3.63) is 59.1 Å². The summed E-state index contributed by atoms with van der Waals surface area (Å²) in [5.41, 5.74) is 0.337. The lowest BCUT2D eigenvalue weighted by atomic mass is 10.2. The second kappa shape index (κ2) is 7.67. The van der Waals surface area contributed by atoms with Crippen molar-refractivity contribution < 1.29 is 22.7 Å². The van der Waals surface area contributed by atoms with E-state index in [1.54, 1.807) is 24.3 Å². The lowest BCUT2D eigenvalue weighted by molar-refractivity contribution is -0.123. The summed E-state index contributed by atoms with van der Waals surface area (Å²) < 4.78 is 28.6. The first-order valence-electron chi connectivity index (χ1n) is 7.25. The fourth-order valence-corrected chi connectivity index (χ4v) is 3.11. The molecule has 0 saturated carbocycles. The quantitative estimate of drug-likeness (QED) is 0.804. The van der Waals surface area contributed by atoms with Crippen molar-refractivity contribution in [3.8, 4) is 0 Å².